The molecule has 0 aliphatic rings. The van der Waals surface area contributed by atoms with E-state index in [0.717, 1.165) is 0 Å². The number of nitrogens with two attached hydrogens (primary N) is 1. The van der Waals surface area contributed by atoms with Crippen molar-refractivity contribution in [2.75, 3.05) is 0 Å². The minimum atomic E-state index is -0.314. The minimum Gasteiger partial charge on any atom is -0.328 e. The maximum atomic E-state index is 13.0. The van der Waals surface area contributed by atoms with Crippen molar-refractivity contribution in [3.63, 3.8) is 0 Å². The van der Waals surface area contributed by atoms with Gasteiger partial charge in [0, 0.05) is 22.5 Å². The molecule has 1 heterocycles. The van der Waals surface area contributed by atoms with Crippen LogP contribution in [0, 0.1) is 5.82 Å². The van der Waals surface area contributed by atoms with Crippen LogP contribution in [0.4, 0.5) is 4.39 Å². The first-order valence-electron chi connectivity index (χ1n) is 5.13. The number of H-pyrrole nitrogens is 1. The van der Waals surface area contributed by atoms with Gasteiger partial charge in [-0.1, -0.05) is 0 Å². The van der Waals surface area contributed by atoms with Gasteiger partial charge < -0.3 is 10.7 Å². The van der Waals surface area contributed by atoms with Gasteiger partial charge in [0.1, 0.15) is 5.82 Å². The molecule has 2 aromatic rings. The Kier molecular flexibility index (Phi) is 2.75. The first-order chi connectivity index (χ1) is 7.56. The van der Waals surface area contributed by atoms with Gasteiger partial charge in [0.05, 0.1) is 0 Å². The molecular formula is C12H13FN2O. The summed E-state index contributed by atoms with van der Waals surface area (Å²) in [5.74, 6) is -0.314. The van der Waals surface area contributed by atoms with Crippen molar-refractivity contribution in [1.29, 1.82) is 0 Å². The molecule has 0 aliphatic heterocycles. The Balaban J connectivity index is 2.60. The van der Waals surface area contributed by atoms with E-state index in [1.165, 1.54) is 12.1 Å². The summed E-state index contributed by atoms with van der Waals surface area (Å²) in [7, 11) is 0. The normalized spacial score (nSPS) is 12.9. The number of halogens is 1. The van der Waals surface area contributed by atoms with Crippen molar-refractivity contribution in [2.45, 2.75) is 19.4 Å². The molecule has 0 aliphatic carbocycles. The van der Waals surface area contributed by atoms with Gasteiger partial charge in [0.2, 0.25) is 0 Å². The third-order valence-corrected chi connectivity index (χ3v) is 2.43. The highest BCUT2D eigenvalue weighted by atomic mass is 19.1. The lowest BCUT2D eigenvalue weighted by molar-refractivity contribution is 0.629. The van der Waals surface area contributed by atoms with Crippen molar-refractivity contribution in [2.24, 2.45) is 5.73 Å². The van der Waals surface area contributed by atoms with Gasteiger partial charge in [-0.25, -0.2) is 4.39 Å². The molecule has 84 valence electrons. The third-order valence-electron chi connectivity index (χ3n) is 2.43. The van der Waals surface area contributed by atoms with Gasteiger partial charge in [-0.2, -0.15) is 0 Å². The fourth-order valence-corrected chi connectivity index (χ4v) is 1.72. The van der Waals surface area contributed by atoms with E-state index in [0.29, 0.717) is 22.9 Å². The van der Waals surface area contributed by atoms with Crippen LogP contribution < -0.4 is 11.3 Å². The molecule has 0 bridgehead atoms. The van der Waals surface area contributed by atoms with Crippen LogP contribution in [0.15, 0.2) is 29.1 Å². The summed E-state index contributed by atoms with van der Waals surface area (Å²) in [4.78, 5) is 14.4. The molecule has 1 aromatic heterocycles. The number of nitrogens with one attached hydrogen (secondary N) is 1. The van der Waals surface area contributed by atoms with E-state index in [4.69, 9.17) is 5.73 Å². The molecule has 1 atom stereocenters. The van der Waals surface area contributed by atoms with Gasteiger partial charge in [-0.15, -0.1) is 0 Å². The topological polar surface area (TPSA) is 58.9 Å². The molecule has 4 heteroatoms. The minimum absolute atomic E-state index is 0.0906. The first kappa shape index (κ1) is 10.8. The van der Waals surface area contributed by atoms with Crippen LogP contribution in [0.1, 0.15) is 12.5 Å². The fraction of sp³-hybridized carbons (Fsp3) is 0.250. The fourth-order valence-electron chi connectivity index (χ4n) is 1.72. The van der Waals surface area contributed by atoms with Gasteiger partial charge in [0.25, 0.3) is 5.56 Å². The van der Waals surface area contributed by atoms with Crippen LogP contribution in [0.2, 0.25) is 0 Å². The number of hydrogen-bond donors (Lipinski definition) is 2. The van der Waals surface area contributed by atoms with E-state index < -0.39 is 0 Å². The predicted molar refractivity (Wildman–Crippen MR) is 61.9 cm³/mol. The van der Waals surface area contributed by atoms with Crippen molar-refractivity contribution in [3.8, 4) is 0 Å². The van der Waals surface area contributed by atoms with E-state index in [2.05, 4.69) is 4.98 Å². The zero-order chi connectivity index (χ0) is 11.7. The third kappa shape index (κ3) is 2.12. The highest BCUT2D eigenvalue weighted by Gasteiger charge is 2.05. The molecule has 0 saturated heterocycles. The van der Waals surface area contributed by atoms with Gasteiger partial charge in [-0.05, 0) is 37.6 Å². The Hall–Kier alpha value is -1.68. The van der Waals surface area contributed by atoms with Crippen molar-refractivity contribution in [3.05, 3.63) is 46.0 Å². The molecule has 1 aromatic carbocycles. The maximum Gasteiger partial charge on any atom is 0.251 e. The quantitative estimate of drug-likeness (QED) is 0.806. The molecule has 0 radical (unpaired) electrons. The Morgan fingerprint density at radius 3 is 2.88 bits per heavy atom. The number of rotatable bonds is 2. The Morgan fingerprint density at radius 1 is 1.44 bits per heavy atom. The van der Waals surface area contributed by atoms with Crippen LogP contribution >= 0.6 is 0 Å². The van der Waals surface area contributed by atoms with Crippen molar-refractivity contribution >= 4 is 10.9 Å². The number of benzene rings is 1. The second kappa shape index (κ2) is 4.06. The molecule has 0 amide bonds. The first-order valence-corrected chi connectivity index (χ1v) is 5.13. The summed E-state index contributed by atoms with van der Waals surface area (Å²) in [5.41, 5.74) is 6.71. The standard InChI is InChI=1S/C12H13FN2O/c1-7(14)4-9-5-8-6-10(13)2-3-11(8)15-12(9)16/h2-3,5-7H,4,14H2,1H3,(H,15,16). The lowest BCUT2D eigenvalue weighted by Gasteiger charge is -2.05. The van der Waals surface area contributed by atoms with Crippen LogP contribution in [0.5, 0.6) is 0 Å². The number of aromatic nitrogens is 1. The average Bonchev–Trinajstić information content (AvgIpc) is 2.19. The number of fused-ring (bicyclic) bond motifs is 1. The van der Waals surface area contributed by atoms with E-state index in [1.807, 2.05) is 6.92 Å². The Bertz CT molecular complexity index is 575. The smallest absolute Gasteiger partial charge is 0.251 e. The molecule has 0 fully saturated rings. The molecule has 1 unspecified atom stereocenters. The van der Waals surface area contributed by atoms with E-state index >= 15 is 0 Å². The summed E-state index contributed by atoms with van der Waals surface area (Å²) in [6, 6.07) is 5.88. The second-order valence-corrected chi connectivity index (χ2v) is 4.04. The van der Waals surface area contributed by atoms with Gasteiger partial charge >= 0.3 is 0 Å². The summed E-state index contributed by atoms with van der Waals surface area (Å²) in [6.07, 6.45) is 0.488. The van der Waals surface area contributed by atoms with Crippen LogP contribution in [-0.4, -0.2) is 11.0 Å². The number of aromatic amines is 1. The summed E-state index contributed by atoms with van der Waals surface area (Å²) >= 11 is 0. The van der Waals surface area contributed by atoms with E-state index in [9.17, 15) is 9.18 Å². The van der Waals surface area contributed by atoms with Crippen LogP contribution in [-0.2, 0) is 6.42 Å². The number of hydrogen-bond acceptors (Lipinski definition) is 2. The second-order valence-electron chi connectivity index (χ2n) is 4.04. The monoisotopic (exact) mass is 220 g/mol. The zero-order valence-electron chi connectivity index (χ0n) is 8.96. The van der Waals surface area contributed by atoms with Crippen molar-refractivity contribution < 1.29 is 4.39 Å². The highest BCUT2D eigenvalue weighted by molar-refractivity contribution is 5.78. The Labute approximate surface area is 92.1 Å². The Morgan fingerprint density at radius 2 is 2.19 bits per heavy atom. The average molecular weight is 220 g/mol. The van der Waals surface area contributed by atoms with E-state index in [-0.39, 0.29) is 17.4 Å². The lowest BCUT2D eigenvalue weighted by Crippen LogP contribution is -2.23. The largest absolute Gasteiger partial charge is 0.328 e. The lowest BCUT2D eigenvalue weighted by atomic mass is 10.1. The van der Waals surface area contributed by atoms with Crippen LogP contribution in [0.3, 0.4) is 0 Å². The van der Waals surface area contributed by atoms with E-state index in [1.54, 1.807) is 12.1 Å². The summed E-state index contributed by atoms with van der Waals surface area (Å²) < 4.78 is 13.0. The predicted octanol–water partition coefficient (Wildman–Crippen LogP) is 1.56. The number of pyridine rings is 1. The molecular weight excluding hydrogens is 207 g/mol. The van der Waals surface area contributed by atoms with Gasteiger partial charge in [-0.3, -0.25) is 4.79 Å². The van der Waals surface area contributed by atoms with Crippen molar-refractivity contribution in [1.82, 2.24) is 4.98 Å². The van der Waals surface area contributed by atoms with Gasteiger partial charge in [0.15, 0.2) is 0 Å². The zero-order valence-corrected chi connectivity index (χ0v) is 8.96. The molecule has 3 N–H and O–H groups in total. The maximum absolute atomic E-state index is 13.0. The molecule has 3 nitrogen and oxygen atoms in total. The summed E-state index contributed by atoms with van der Waals surface area (Å²) in [6.45, 7) is 1.83. The SMILES string of the molecule is CC(N)Cc1cc2cc(F)ccc2[nH]c1=O. The molecule has 0 spiro atoms. The molecule has 16 heavy (non-hydrogen) atoms. The highest BCUT2D eigenvalue weighted by Crippen LogP contribution is 2.13. The molecule has 0 saturated carbocycles. The van der Waals surface area contributed by atoms with Crippen LogP contribution in [0.25, 0.3) is 10.9 Å². The summed E-state index contributed by atoms with van der Waals surface area (Å²) in [5, 5.41) is 0.690. The molecule has 2 rings (SSSR count).